The number of rotatable bonds is 7. The van der Waals surface area contributed by atoms with E-state index in [1.54, 1.807) is 0 Å². The van der Waals surface area contributed by atoms with Crippen molar-refractivity contribution in [1.82, 2.24) is 10.2 Å². The standard InChI is InChI=1S/C12H28N2O/c1-8-9-15-14(12(6)7)13(10(2)3)11(4)5/h10-12H,8-9H2,1-7H3. The molecule has 0 bridgehead atoms. The molecule has 3 heteroatoms. The summed E-state index contributed by atoms with van der Waals surface area (Å²) in [4.78, 5) is 5.80. The molecule has 15 heavy (non-hydrogen) atoms. The molecule has 3 nitrogen and oxygen atoms in total. The van der Waals surface area contributed by atoms with E-state index in [1.807, 2.05) is 5.17 Å². The van der Waals surface area contributed by atoms with Gasteiger partial charge in [-0.1, -0.05) is 6.92 Å². The fourth-order valence-electron chi connectivity index (χ4n) is 1.72. The first-order valence-electron chi connectivity index (χ1n) is 6.12. The Morgan fingerprint density at radius 3 is 1.60 bits per heavy atom. The molecule has 0 spiro atoms. The zero-order chi connectivity index (χ0) is 12.0. The second-order valence-corrected chi connectivity index (χ2v) is 4.80. The predicted molar refractivity (Wildman–Crippen MR) is 65.3 cm³/mol. The van der Waals surface area contributed by atoms with Crippen LogP contribution in [-0.4, -0.2) is 34.9 Å². The van der Waals surface area contributed by atoms with Crippen LogP contribution in [0.2, 0.25) is 0 Å². The van der Waals surface area contributed by atoms with Crippen LogP contribution in [0.5, 0.6) is 0 Å². The van der Waals surface area contributed by atoms with Gasteiger partial charge in [0, 0.05) is 18.1 Å². The van der Waals surface area contributed by atoms with E-state index in [4.69, 9.17) is 4.84 Å². The van der Waals surface area contributed by atoms with Crippen LogP contribution >= 0.6 is 0 Å². The Morgan fingerprint density at radius 1 is 0.867 bits per heavy atom. The first-order valence-corrected chi connectivity index (χ1v) is 6.12. The first-order chi connectivity index (χ1) is 6.91. The Hall–Kier alpha value is -0.120. The van der Waals surface area contributed by atoms with Gasteiger partial charge in [-0.3, -0.25) is 4.84 Å². The molecule has 0 aliphatic heterocycles. The number of hydrazine groups is 1. The van der Waals surface area contributed by atoms with E-state index in [0.29, 0.717) is 18.1 Å². The van der Waals surface area contributed by atoms with Crippen molar-refractivity contribution in [2.45, 2.75) is 73.0 Å². The van der Waals surface area contributed by atoms with E-state index in [9.17, 15) is 0 Å². The van der Waals surface area contributed by atoms with E-state index in [-0.39, 0.29) is 0 Å². The second-order valence-electron chi connectivity index (χ2n) is 4.80. The largest absolute Gasteiger partial charge is 0.284 e. The van der Waals surface area contributed by atoms with Crippen molar-refractivity contribution in [2.75, 3.05) is 6.61 Å². The maximum atomic E-state index is 5.80. The molecule has 0 aromatic rings. The Bertz CT molecular complexity index is 150. The zero-order valence-electron chi connectivity index (χ0n) is 11.4. The summed E-state index contributed by atoms with van der Waals surface area (Å²) >= 11 is 0. The molecule has 0 aromatic heterocycles. The van der Waals surface area contributed by atoms with Gasteiger partial charge >= 0.3 is 0 Å². The number of hydrogen-bond donors (Lipinski definition) is 0. The minimum Gasteiger partial charge on any atom is -0.284 e. The van der Waals surface area contributed by atoms with E-state index in [1.165, 1.54) is 0 Å². The second kappa shape index (κ2) is 7.20. The molecule has 0 N–H and O–H groups in total. The van der Waals surface area contributed by atoms with E-state index >= 15 is 0 Å². The lowest BCUT2D eigenvalue weighted by Crippen LogP contribution is -2.53. The molecule has 0 rings (SSSR count). The summed E-state index contributed by atoms with van der Waals surface area (Å²) < 4.78 is 0. The van der Waals surface area contributed by atoms with Gasteiger partial charge in [0.15, 0.2) is 0 Å². The zero-order valence-corrected chi connectivity index (χ0v) is 11.4. The van der Waals surface area contributed by atoms with Crippen molar-refractivity contribution >= 4 is 0 Å². The normalized spacial score (nSPS) is 12.8. The molecule has 0 aliphatic rings. The Balaban J connectivity index is 4.53. The topological polar surface area (TPSA) is 15.7 Å². The van der Waals surface area contributed by atoms with Crippen molar-refractivity contribution in [1.29, 1.82) is 0 Å². The summed E-state index contributed by atoms with van der Waals surface area (Å²) in [6, 6.07) is 1.30. The van der Waals surface area contributed by atoms with Gasteiger partial charge in [-0.15, -0.1) is 5.17 Å². The Morgan fingerprint density at radius 2 is 1.33 bits per heavy atom. The maximum absolute atomic E-state index is 5.80. The fraction of sp³-hybridized carbons (Fsp3) is 1.00. The lowest BCUT2D eigenvalue weighted by molar-refractivity contribution is -0.320. The van der Waals surface area contributed by atoms with Gasteiger partial charge in [0.05, 0.1) is 6.61 Å². The summed E-state index contributed by atoms with van der Waals surface area (Å²) in [5, 5.41) is 4.32. The van der Waals surface area contributed by atoms with E-state index < -0.39 is 0 Å². The number of nitrogens with zero attached hydrogens (tertiary/aromatic N) is 2. The highest BCUT2D eigenvalue weighted by atomic mass is 16.7. The highest BCUT2D eigenvalue weighted by Crippen LogP contribution is 2.14. The molecule has 0 aliphatic carbocycles. The molecule has 0 aromatic carbocycles. The molecule has 0 fully saturated rings. The van der Waals surface area contributed by atoms with Crippen LogP contribution < -0.4 is 0 Å². The fourth-order valence-corrected chi connectivity index (χ4v) is 1.72. The molecular formula is C12H28N2O. The highest BCUT2D eigenvalue weighted by Gasteiger charge is 2.24. The van der Waals surface area contributed by atoms with Gasteiger partial charge in [-0.25, -0.2) is 5.01 Å². The number of hydroxylamine groups is 1. The molecule has 0 saturated heterocycles. The van der Waals surface area contributed by atoms with Gasteiger partial charge in [-0.05, 0) is 48.0 Å². The van der Waals surface area contributed by atoms with E-state index in [0.717, 1.165) is 13.0 Å². The number of hydrogen-bond acceptors (Lipinski definition) is 3. The van der Waals surface area contributed by atoms with Crippen LogP contribution in [0.15, 0.2) is 0 Å². The van der Waals surface area contributed by atoms with Crippen LogP contribution in [0.4, 0.5) is 0 Å². The average molecular weight is 216 g/mol. The van der Waals surface area contributed by atoms with Gasteiger partial charge < -0.3 is 0 Å². The molecule has 0 unspecified atom stereocenters. The molecule has 0 atom stereocenters. The quantitative estimate of drug-likeness (QED) is 0.608. The SMILES string of the molecule is CCCON(C(C)C)N(C(C)C)C(C)C. The molecule has 0 heterocycles. The average Bonchev–Trinajstić information content (AvgIpc) is 2.09. The van der Waals surface area contributed by atoms with Crippen LogP contribution in [0, 0.1) is 0 Å². The first kappa shape index (κ1) is 14.9. The van der Waals surface area contributed by atoms with Gasteiger partial charge in [0.25, 0.3) is 0 Å². The van der Waals surface area contributed by atoms with E-state index in [2.05, 4.69) is 53.5 Å². The smallest absolute Gasteiger partial charge is 0.0699 e. The molecule has 0 saturated carbocycles. The summed E-state index contributed by atoms with van der Waals surface area (Å²) in [6.45, 7) is 16.0. The predicted octanol–water partition coefficient (Wildman–Crippen LogP) is 3.07. The lowest BCUT2D eigenvalue weighted by atomic mass is 10.3. The van der Waals surface area contributed by atoms with Crippen molar-refractivity contribution in [2.24, 2.45) is 0 Å². The lowest BCUT2D eigenvalue weighted by Gasteiger charge is -2.41. The van der Waals surface area contributed by atoms with Crippen molar-refractivity contribution in [3.8, 4) is 0 Å². The van der Waals surface area contributed by atoms with Crippen LogP contribution in [0.1, 0.15) is 54.9 Å². The third kappa shape index (κ3) is 4.96. The molecular weight excluding hydrogens is 188 g/mol. The summed E-state index contributed by atoms with van der Waals surface area (Å²) in [7, 11) is 0. The van der Waals surface area contributed by atoms with Crippen molar-refractivity contribution in [3.05, 3.63) is 0 Å². The minimum absolute atomic E-state index is 0.376. The summed E-state index contributed by atoms with van der Waals surface area (Å²) in [5.74, 6) is 0. The van der Waals surface area contributed by atoms with Crippen LogP contribution in [-0.2, 0) is 4.84 Å². The van der Waals surface area contributed by atoms with Crippen LogP contribution in [0.3, 0.4) is 0 Å². The van der Waals surface area contributed by atoms with Gasteiger partial charge in [-0.2, -0.15) is 0 Å². The maximum Gasteiger partial charge on any atom is 0.0699 e. The minimum atomic E-state index is 0.376. The van der Waals surface area contributed by atoms with Crippen LogP contribution in [0.25, 0.3) is 0 Å². The molecule has 0 radical (unpaired) electrons. The summed E-state index contributed by atoms with van der Waals surface area (Å²) in [6.07, 6.45) is 1.05. The third-order valence-electron chi connectivity index (χ3n) is 2.16. The highest BCUT2D eigenvalue weighted by molar-refractivity contribution is 4.64. The van der Waals surface area contributed by atoms with Gasteiger partial charge in [0.2, 0.25) is 0 Å². The van der Waals surface area contributed by atoms with Crippen molar-refractivity contribution < 1.29 is 4.84 Å². The monoisotopic (exact) mass is 216 g/mol. The Kier molecular flexibility index (Phi) is 7.14. The third-order valence-corrected chi connectivity index (χ3v) is 2.16. The van der Waals surface area contributed by atoms with Gasteiger partial charge in [0.1, 0.15) is 0 Å². The molecule has 92 valence electrons. The van der Waals surface area contributed by atoms with Crippen molar-refractivity contribution in [3.63, 3.8) is 0 Å². The Labute approximate surface area is 95.3 Å². The molecule has 0 amide bonds. The summed E-state index contributed by atoms with van der Waals surface area (Å²) in [5.41, 5.74) is 0.